The summed E-state index contributed by atoms with van der Waals surface area (Å²) in [4.78, 5) is 30.3. The Morgan fingerprint density at radius 1 is 1.10 bits per heavy atom. The van der Waals surface area contributed by atoms with Crippen LogP contribution in [0.3, 0.4) is 0 Å². The molecule has 2 heterocycles. The number of carbonyl (C=O) groups is 2. The van der Waals surface area contributed by atoms with Crippen LogP contribution in [-0.4, -0.2) is 59.0 Å². The molecule has 1 aromatic heterocycles. The van der Waals surface area contributed by atoms with Crippen molar-refractivity contribution in [2.45, 2.75) is 58.4 Å². The van der Waals surface area contributed by atoms with Crippen molar-refractivity contribution in [2.75, 3.05) is 31.5 Å². The Morgan fingerprint density at radius 2 is 1.69 bits per heavy atom. The highest BCUT2D eigenvalue weighted by atomic mass is 16.5. The van der Waals surface area contributed by atoms with Crippen molar-refractivity contribution < 1.29 is 14.1 Å². The average Bonchev–Trinajstić information content (AvgIpc) is 3.10. The summed E-state index contributed by atoms with van der Waals surface area (Å²) in [6.45, 7) is 6.65. The average molecular weight is 401 g/mol. The first kappa shape index (κ1) is 19.1. The number of nitrogens with zero attached hydrogens (tertiary/aromatic N) is 3. The molecule has 4 saturated carbocycles. The lowest BCUT2D eigenvalue weighted by Gasteiger charge is -2.57. The molecule has 4 aliphatic carbocycles. The van der Waals surface area contributed by atoms with Gasteiger partial charge in [0.2, 0.25) is 17.7 Å². The van der Waals surface area contributed by atoms with Gasteiger partial charge in [0.05, 0.1) is 17.2 Å². The first-order valence-corrected chi connectivity index (χ1v) is 11.2. The Balaban J connectivity index is 1.17. The molecule has 29 heavy (non-hydrogen) atoms. The number of anilines is 1. The zero-order valence-corrected chi connectivity index (χ0v) is 17.5. The second kappa shape index (κ2) is 7.11. The van der Waals surface area contributed by atoms with E-state index < -0.39 is 0 Å². The van der Waals surface area contributed by atoms with Crippen LogP contribution in [0.2, 0.25) is 0 Å². The van der Waals surface area contributed by atoms with Crippen LogP contribution in [0.1, 0.15) is 51.1 Å². The lowest BCUT2D eigenvalue weighted by atomic mass is 9.49. The van der Waals surface area contributed by atoms with Gasteiger partial charge in [-0.25, -0.2) is 0 Å². The van der Waals surface area contributed by atoms with Crippen LogP contribution in [0, 0.1) is 30.1 Å². The summed E-state index contributed by atoms with van der Waals surface area (Å²) < 4.78 is 5.08. The molecule has 1 atom stereocenters. The van der Waals surface area contributed by atoms with Gasteiger partial charge >= 0.3 is 0 Å². The molecule has 4 bridgehead atoms. The molecule has 158 valence electrons. The minimum atomic E-state index is -0.266. The predicted octanol–water partition coefficient (Wildman–Crippen LogP) is 2.67. The third kappa shape index (κ3) is 3.47. The van der Waals surface area contributed by atoms with Gasteiger partial charge in [-0.05, 0) is 70.1 Å². The fourth-order valence-corrected chi connectivity index (χ4v) is 6.83. The number of piperazine rings is 1. The molecule has 0 spiro atoms. The van der Waals surface area contributed by atoms with Crippen molar-refractivity contribution in [1.82, 2.24) is 15.0 Å². The van der Waals surface area contributed by atoms with Gasteiger partial charge in [-0.1, -0.05) is 5.16 Å². The molecule has 7 heteroatoms. The molecule has 2 amide bonds. The van der Waals surface area contributed by atoms with Crippen molar-refractivity contribution in [3.05, 3.63) is 11.8 Å². The van der Waals surface area contributed by atoms with Crippen LogP contribution in [0.25, 0.3) is 0 Å². The molecule has 5 aliphatic rings. The van der Waals surface area contributed by atoms with E-state index in [2.05, 4.69) is 20.3 Å². The van der Waals surface area contributed by atoms with Crippen LogP contribution in [0.15, 0.2) is 10.6 Å². The molecular weight excluding hydrogens is 368 g/mol. The third-order valence-corrected chi connectivity index (χ3v) is 7.89. The number of hydrogen-bond donors (Lipinski definition) is 1. The summed E-state index contributed by atoms with van der Waals surface area (Å²) in [5.41, 5.74) is 0.675. The molecule has 1 saturated heterocycles. The number of aryl methyl sites for hydroxylation is 1. The van der Waals surface area contributed by atoms with Crippen molar-refractivity contribution >= 4 is 17.7 Å². The van der Waals surface area contributed by atoms with E-state index in [1.54, 1.807) is 6.07 Å². The molecule has 5 fully saturated rings. The Kier molecular flexibility index (Phi) is 4.68. The molecule has 0 aromatic carbocycles. The normalized spacial score (nSPS) is 35.0. The first-order valence-electron chi connectivity index (χ1n) is 11.2. The number of amides is 2. The highest BCUT2D eigenvalue weighted by molar-refractivity contribution is 5.93. The lowest BCUT2D eigenvalue weighted by molar-refractivity contribution is -0.159. The second-order valence-electron chi connectivity index (χ2n) is 10.0. The minimum absolute atomic E-state index is 0.0654. The Morgan fingerprint density at radius 3 is 2.21 bits per heavy atom. The predicted molar refractivity (Wildman–Crippen MR) is 108 cm³/mol. The zero-order chi connectivity index (χ0) is 20.2. The van der Waals surface area contributed by atoms with Crippen molar-refractivity contribution in [1.29, 1.82) is 0 Å². The van der Waals surface area contributed by atoms with E-state index in [-0.39, 0.29) is 17.4 Å². The Labute approximate surface area is 172 Å². The summed E-state index contributed by atoms with van der Waals surface area (Å²) in [6, 6.07) is 1.45. The zero-order valence-electron chi connectivity index (χ0n) is 17.5. The molecule has 1 N–H and O–H groups in total. The van der Waals surface area contributed by atoms with Gasteiger partial charge in [0, 0.05) is 32.2 Å². The maximum atomic E-state index is 13.5. The van der Waals surface area contributed by atoms with Crippen molar-refractivity contribution in [3.8, 4) is 0 Å². The highest BCUT2D eigenvalue weighted by Crippen LogP contribution is 2.60. The number of aromatic nitrogens is 1. The summed E-state index contributed by atoms with van der Waals surface area (Å²) in [5, 5.41) is 6.59. The fourth-order valence-electron chi connectivity index (χ4n) is 6.83. The molecule has 0 radical (unpaired) electrons. The number of hydrogen-bond acceptors (Lipinski definition) is 5. The van der Waals surface area contributed by atoms with Gasteiger partial charge in [0.15, 0.2) is 0 Å². The molecule has 6 rings (SSSR count). The maximum absolute atomic E-state index is 13.5. The van der Waals surface area contributed by atoms with E-state index in [0.29, 0.717) is 11.8 Å². The molecule has 1 unspecified atom stereocenters. The standard InChI is InChI=1S/C22H32N4O3/c1-14-7-19(29-24-14)23-20(27)15(2)25-3-5-26(6-4-25)21(28)22-11-16-8-17(12-22)10-18(9-16)13-22/h7,15-18H,3-6,8-13H2,1-2H3,(H,23,27). The van der Waals surface area contributed by atoms with Crippen LogP contribution in [0.5, 0.6) is 0 Å². The van der Waals surface area contributed by atoms with Gasteiger partial charge in [0.1, 0.15) is 0 Å². The van der Waals surface area contributed by atoms with E-state index >= 15 is 0 Å². The summed E-state index contributed by atoms with van der Waals surface area (Å²) in [7, 11) is 0. The summed E-state index contributed by atoms with van der Waals surface area (Å²) >= 11 is 0. The molecule has 1 aliphatic heterocycles. The van der Waals surface area contributed by atoms with Crippen molar-refractivity contribution in [2.24, 2.45) is 23.2 Å². The SMILES string of the molecule is Cc1cc(NC(=O)C(C)N2CCN(C(=O)C34CC5CC(CC(C5)C3)C4)CC2)on1. The summed E-state index contributed by atoms with van der Waals surface area (Å²) in [5.74, 6) is 3.06. The van der Waals surface area contributed by atoms with E-state index in [4.69, 9.17) is 4.52 Å². The summed E-state index contributed by atoms with van der Waals surface area (Å²) in [6.07, 6.45) is 7.43. The van der Waals surface area contributed by atoms with E-state index in [0.717, 1.165) is 68.9 Å². The number of nitrogens with one attached hydrogen (secondary N) is 1. The topological polar surface area (TPSA) is 78.7 Å². The van der Waals surface area contributed by atoms with E-state index in [9.17, 15) is 9.59 Å². The monoisotopic (exact) mass is 400 g/mol. The van der Waals surface area contributed by atoms with Gasteiger partial charge in [-0.2, -0.15) is 0 Å². The van der Waals surface area contributed by atoms with Gasteiger partial charge in [0.25, 0.3) is 0 Å². The van der Waals surface area contributed by atoms with Crippen LogP contribution in [-0.2, 0) is 9.59 Å². The Bertz CT molecular complexity index is 760. The van der Waals surface area contributed by atoms with Gasteiger partial charge < -0.3 is 9.42 Å². The third-order valence-electron chi connectivity index (χ3n) is 7.89. The Hall–Kier alpha value is -1.89. The first-order chi connectivity index (χ1) is 13.9. The maximum Gasteiger partial charge on any atom is 0.243 e. The van der Waals surface area contributed by atoms with Crippen LogP contribution in [0.4, 0.5) is 5.88 Å². The second-order valence-corrected chi connectivity index (χ2v) is 10.0. The number of rotatable bonds is 4. The fraction of sp³-hybridized carbons (Fsp3) is 0.773. The number of carbonyl (C=O) groups excluding carboxylic acids is 2. The van der Waals surface area contributed by atoms with E-state index in [1.165, 1.54) is 19.3 Å². The largest absolute Gasteiger partial charge is 0.340 e. The van der Waals surface area contributed by atoms with Crippen LogP contribution >= 0.6 is 0 Å². The quantitative estimate of drug-likeness (QED) is 0.841. The van der Waals surface area contributed by atoms with Crippen molar-refractivity contribution in [3.63, 3.8) is 0 Å². The molecule has 1 aromatic rings. The minimum Gasteiger partial charge on any atom is -0.340 e. The van der Waals surface area contributed by atoms with E-state index in [1.807, 2.05) is 13.8 Å². The smallest absolute Gasteiger partial charge is 0.243 e. The lowest BCUT2D eigenvalue weighted by Crippen LogP contribution is -2.59. The molecule has 7 nitrogen and oxygen atoms in total. The highest BCUT2D eigenvalue weighted by Gasteiger charge is 2.55. The van der Waals surface area contributed by atoms with Gasteiger partial charge in [-0.15, -0.1) is 0 Å². The molecular formula is C22H32N4O3. The van der Waals surface area contributed by atoms with Gasteiger partial charge in [-0.3, -0.25) is 19.8 Å². The van der Waals surface area contributed by atoms with Crippen LogP contribution < -0.4 is 5.32 Å².